The van der Waals surface area contributed by atoms with E-state index in [1.807, 2.05) is 0 Å². The molecule has 0 heterocycles. The first-order valence-corrected chi connectivity index (χ1v) is 4.01. The van der Waals surface area contributed by atoms with Gasteiger partial charge >= 0.3 is 0 Å². The lowest BCUT2D eigenvalue weighted by Gasteiger charge is -2.23. The highest BCUT2D eigenvalue weighted by atomic mass is 14.9. The maximum Gasteiger partial charge on any atom is 0.0258 e. The Balaban J connectivity index is 3.88. The van der Waals surface area contributed by atoms with Crippen molar-refractivity contribution in [1.29, 1.82) is 5.41 Å². The number of hydrogen-bond donors (Lipinski definition) is 2. The second kappa shape index (κ2) is 4.94. The van der Waals surface area contributed by atoms with E-state index in [-0.39, 0.29) is 0 Å². The molecule has 2 N–H and O–H groups in total. The maximum absolute atomic E-state index is 7.09. The summed E-state index contributed by atoms with van der Waals surface area (Å²) in [7, 11) is 0. The van der Waals surface area contributed by atoms with Gasteiger partial charge in [0.2, 0.25) is 0 Å². The van der Waals surface area contributed by atoms with Crippen molar-refractivity contribution in [1.82, 2.24) is 5.32 Å². The molecule has 0 radical (unpaired) electrons. The average molecular weight is 154 g/mol. The van der Waals surface area contributed by atoms with Crippen LogP contribution in [-0.4, -0.2) is 12.3 Å². The molecule has 2 nitrogen and oxygen atoms in total. The van der Waals surface area contributed by atoms with Crippen LogP contribution in [0.25, 0.3) is 0 Å². The zero-order valence-corrected chi connectivity index (χ0v) is 7.59. The predicted octanol–water partition coefficient (Wildman–Crippen LogP) is 2.03. The minimum absolute atomic E-state index is 0.331. The summed E-state index contributed by atoms with van der Waals surface area (Å²) >= 11 is 0. The molecule has 0 rings (SSSR count). The van der Waals surface area contributed by atoms with Gasteiger partial charge in [-0.2, -0.15) is 0 Å². The van der Waals surface area contributed by atoms with Crippen LogP contribution >= 0.6 is 0 Å². The summed E-state index contributed by atoms with van der Waals surface area (Å²) < 4.78 is 0. The van der Waals surface area contributed by atoms with Crippen LogP contribution in [0.2, 0.25) is 0 Å². The van der Waals surface area contributed by atoms with Crippen molar-refractivity contribution in [2.45, 2.75) is 26.8 Å². The van der Waals surface area contributed by atoms with E-state index in [1.165, 1.54) is 6.21 Å². The lowest BCUT2D eigenvalue weighted by molar-refractivity contribution is 0.382. The van der Waals surface area contributed by atoms with Crippen molar-refractivity contribution in [3.8, 4) is 0 Å². The second-order valence-corrected chi connectivity index (χ2v) is 3.04. The Morgan fingerprint density at radius 2 is 1.91 bits per heavy atom. The Morgan fingerprint density at radius 1 is 1.36 bits per heavy atom. The molecule has 0 aliphatic carbocycles. The maximum atomic E-state index is 7.09. The predicted molar refractivity (Wildman–Crippen MR) is 49.9 cm³/mol. The van der Waals surface area contributed by atoms with E-state index in [4.69, 9.17) is 5.41 Å². The molecular weight excluding hydrogens is 136 g/mol. The first-order chi connectivity index (χ1) is 5.13. The van der Waals surface area contributed by atoms with Gasteiger partial charge in [-0.1, -0.05) is 20.4 Å². The highest BCUT2D eigenvalue weighted by Crippen LogP contribution is 2.12. The quantitative estimate of drug-likeness (QED) is 0.584. The fourth-order valence-electron chi connectivity index (χ4n) is 0.945. The number of nitrogens with one attached hydrogen (secondary N) is 2. The molecule has 0 aromatic rings. The Morgan fingerprint density at radius 3 is 2.27 bits per heavy atom. The molecule has 0 spiro atoms. The largest absolute Gasteiger partial charge is 0.389 e. The van der Waals surface area contributed by atoms with E-state index >= 15 is 0 Å². The molecule has 0 aliphatic rings. The molecule has 0 saturated carbocycles. The molecule has 11 heavy (non-hydrogen) atoms. The summed E-state index contributed by atoms with van der Waals surface area (Å²) in [5, 5.41) is 10.2. The van der Waals surface area contributed by atoms with Gasteiger partial charge in [-0.3, -0.25) is 0 Å². The van der Waals surface area contributed by atoms with Crippen LogP contribution in [0.3, 0.4) is 0 Å². The fourth-order valence-corrected chi connectivity index (χ4v) is 0.945. The fraction of sp³-hybridized carbons (Fsp3) is 0.667. The van der Waals surface area contributed by atoms with Gasteiger partial charge in [0.1, 0.15) is 0 Å². The first kappa shape index (κ1) is 10.2. The molecule has 2 unspecified atom stereocenters. The van der Waals surface area contributed by atoms with Gasteiger partial charge in [0.05, 0.1) is 0 Å². The van der Waals surface area contributed by atoms with Crippen LogP contribution in [0, 0.1) is 17.2 Å². The third-order valence-electron chi connectivity index (χ3n) is 2.26. The molecule has 2 heteroatoms. The van der Waals surface area contributed by atoms with E-state index < -0.39 is 0 Å². The summed E-state index contributed by atoms with van der Waals surface area (Å²) in [6.07, 6.45) is 3.20. The number of hydrogen-bond acceptors (Lipinski definition) is 2. The molecule has 0 bridgehead atoms. The molecule has 0 fully saturated rings. The normalized spacial score (nSPS) is 18.1. The van der Waals surface area contributed by atoms with Crippen LogP contribution < -0.4 is 5.32 Å². The Hall–Kier alpha value is -0.790. The lowest BCUT2D eigenvalue weighted by atomic mass is 9.91. The third-order valence-corrected chi connectivity index (χ3v) is 2.26. The van der Waals surface area contributed by atoms with Crippen molar-refractivity contribution < 1.29 is 0 Å². The summed E-state index contributed by atoms with van der Waals surface area (Å²) in [4.78, 5) is 0. The van der Waals surface area contributed by atoms with Gasteiger partial charge in [0.15, 0.2) is 0 Å². The van der Waals surface area contributed by atoms with E-state index in [1.54, 1.807) is 6.20 Å². The van der Waals surface area contributed by atoms with E-state index in [2.05, 4.69) is 32.7 Å². The summed E-state index contributed by atoms with van der Waals surface area (Å²) in [5.41, 5.74) is 0. The van der Waals surface area contributed by atoms with Gasteiger partial charge in [-0.15, -0.1) is 0 Å². The van der Waals surface area contributed by atoms with Crippen molar-refractivity contribution in [3.05, 3.63) is 12.8 Å². The summed E-state index contributed by atoms with van der Waals surface area (Å²) in [6, 6.07) is 0.393. The molecule has 3 atom stereocenters. The SMILES string of the molecule is C=CNC(C)[C@H](C)C(C)C=N. The Kier molecular flexibility index (Phi) is 4.59. The molecule has 0 aliphatic heterocycles. The van der Waals surface area contributed by atoms with E-state index in [0.717, 1.165) is 0 Å². The van der Waals surface area contributed by atoms with Crippen molar-refractivity contribution >= 4 is 6.21 Å². The van der Waals surface area contributed by atoms with Crippen molar-refractivity contribution in [3.63, 3.8) is 0 Å². The molecule has 0 aromatic carbocycles. The van der Waals surface area contributed by atoms with E-state index in [0.29, 0.717) is 17.9 Å². The highest BCUT2D eigenvalue weighted by Gasteiger charge is 2.15. The molecular formula is C9H18N2. The monoisotopic (exact) mass is 154 g/mol. The average Bonchev–Trinajstić information content (AvgIpc) is 2.02. The highest BCUT2D eigenvalue weighted by molar-refractivity contribution is 5.56. The van der Waals surface area contributed by atoms with E-state index in [9.17, 15) is 0 Å². The lowest BCUT2D eigenvalue weighted by Crippen LogP contribution is -2.32. The topological polar surface area (TPSA) is 35.9 Å². The first-order valence-electron chi connectivity index (χ1n) is 4.01. The van der Waals surface area contributed by atoms with Crippen LogP contribution in [0.5, 0.6) is 0 Å². The summed E-state index contributed by atoms with van der Waals surface area (Å²) in [6.45, 7) is 9.89. The zero-order chi connectivity index (χ0) is 8.85. The second-order valence-electron chi connectivity index (χ2n) is 3.04. The van der Waals surface area contributed by atoms with Gasteiger partial charge in [0, 0.05) is 6.04 Å². The molecule has 0 amide bonds. The molecule has 0 saturated heterocycles. The van der Waals surface area contributed by atoms with Crippen LogP contribution in [-0.2, 0) is 0 Å². The van der Waals surface area contributed by atoms with Crippen LogP contribution in [0.4, 0.5) is 0 Å². The smallest absolute Gasteiger partial charge is 0.0258 e. The molecule has 0 aromatic heterocycles. The van der Waals surface area contributed by atoms with Crippen molar-refractivity contribution in [2.75, 3.05) is 0 Å². The van der Waals surface area contributed by atoms with Gasteiger partial charge in [-0.05, 0) is 31.2 Å². The molecule has 64 valence electrons. The van der Waals surface area contributed by atoms with Gasteiger partial charge < -0.3 is 10.7 Å². The third kappa shape index (κ3) is 3.21. The Bertz CT molecular complexity index is 132. The van der Waals surface area contributed by atoms with Gasteiger partial charge in [0.25, 0.3) is 0 Å². The number of rotatable bonds is 5. The summed E-state index contributed by atoms with van der Waals surface area (Å²) in [5.74, 6) is 0.808. The van der Waals surface area contributed by atoms with Crippen LogP contribution in [0.15, 0.2) is 12.8 Å². The minimum Gasteiger partial charge on any atom is -0.389 e. The van der Waals surface area contributed by atoms with Gasteiger partial charge in [-0.25, -0.2) is 0 Å². The zero-order valence-electron chi connectivity index (χ0n) is 7.59. The van der Waals surface area contributed by atoms with Crippen LogP contribution in [0.1, 0.15) is 20.8 Å². The van der Waals surface area contributed by atoms with Crippen molar-refractivity contribution in [2.24, 2.45) is 11.8 Å². The Labute approximate surface area is 69.2 Å². The minimum atomic E-state index is 0.331. The standard InChI is InChI=1S/C9H18N2/c1-5-11-9(4)8(3)7(2)6-10/h5-11H,1H2,2-4H3/t7?,8-,9?/m1/s1.